The maximum absolute atomic E-state index is 11.1. The molecule has 69 valence electrons. The molecule has 0 saturated heterocycles. The Morgan fingerprint density at radius 1 is 1.57 bits per heavy atom. The Morgan fingerprint density at radius 2 is 2.36 bits per heavy atom. The molecule has 0 unspecified atom stereocenters. The molecule has 1 heterocycles. The van der Waals surface area contributed by atoms with Crippen molar-refractivity contribution in [2.75, 3.05) is 0 Å². The standard InChI is InChI=1S/C9H6NO2.Al.HI/c1-6(11)7-2-3-8-9(4-7)12-5-10-8;;/h2-4H,1H3;;1H/q;+1;/p-1. The number of carbonyl (C=O) groups excluding carboxylic acids is 1. The summed E-state index contributed by atoms with van der Waals surface area (Å²) < 4.78 is 6.25. The van der Waals surface area contributed by atoms with Gasteiger partial charge in [0.2, 0.25) is 0 Å². The van der Waals surface area contributed by atoms with Crippen LogP contribution in [0, 0.1) is 0 Å². The van der Waals surface area contributed by atoms with Crippen LogP contribution in [-0.4, -0.2) is 22.7 Å². The highest BCUT2D eigenvalue weighted by Gasteiger charge is 2.07. The predicted molar refractivity (Wildman–Crippen MR) is 63.4 cm³/mol. The van der Waals surface area contributed by atoms with Gasteiger partial charge in [-0.3, -0.25) is 4.79 Å². The first kappa shape index (κ1) is 10.2. The fourth-order valence-electron chi connectivity index (χ4n) is 1.21. The number of oxazole rings is 1. The molecule has 3 nitrogen and oxygen atoms in total. The van der Waals surface area contributed by atoms with Crippen LogP contribution in [0.4, 0.5) is 0 Å². The lowest BCUT2D eigenvalue weighted by molar-refractivity contribution is 0.101. The highest BCUT2D eigenvalue weighted by molar-refractivity contribution is 14.1. The highest BCUT2D eigenvalue weighted by atomic mass is 127. The molecule has 0 spiro atoms. The fraction of sp³-hybridized carbons (Fsp3) is 0.111. The maximum Gasteiger partial charge on any atom is 0.449 e. The van der Waals surface area contributed by atoms with Crippen molar-refractivity contribution in [3.8, 4) is 0 Å². The molecule has 1 radical (unpaired) electrons. The van der Waals surface area contributed by atoms with Gasteiger partial charge in [0, 0.05) is 5.56 Å². The quantitative estimate of drug-likeness (QED) is 0.481. The summed E-state index contributed by atoms with van der Waals surface area (Å²) in [6.07, 6.45) is 0. The molecule has 2 rings (SSSR count). The van der Waals surface area contributed by atoms with Gasteiger partial charge in [0.05, 0.1) is 0 Å². The Bertz CT molecular complexity index is 495. The second-order valence-electron chi connectivity index (χ2n) is 2.90. The summed E-state index contributed by atoms with van der Waals surface area (Å²) in [7, 11) is 0. The van der Waals surface area contributed by atoms with E-state index in [-0.39, 0.29) is 17.7 Å². The van der Waals surface area contributed by atoms with Crippen molar-refractivity contribution < 1.29 is 9.21 Å². The zero-order valence-electron chi connectivity index (χ0n) is 7.45. The van der Waals surface area contributed by atoms with Crippen molar-refractivity contribution in [3.05, 3.63) is 23.8 Å². The minimum absolute atomic E-state index is 0.0478. The van der Waals surface area contributed by atoms with Crippen LogP contribution in [0.5, 0.6) is 0 Å². The van der Waals surface area contributed by atoms with E-state index in [1.807, 2.05) is 6.07 Å². The summed E-state index contributed by atoms with van der Waals surface area (Å²) in [5.41, 5.74) is 2.20. The van der Waals surface area contributed by atoms with E-state index in [1.165, 1.54) is 0 Å². The summed E-state index contributed by atoms with van der Waals surface area (Å²) in [6, 6.07) is 5.35. The van der Waals surface area contributed by atoms with E-state index in [2.05, 4.69) is 25.3 Å². The monoisotopic (exact) mass is 314 g/mol. The zero-order valence-corrected chi connectivity index (χ0v) is 10.8. The normalized spacial score (nSPS) is 10.4. The smallest absolute Gasteiger partial charge is 0.449 e. The van der Waals surface area contributed by atoms with Gasteiger partial charge >= 0.3 is 11.9 Å². The number of fused-ring (bicyclic) bond motifs is 1. The molecular formula is C9H6AlINO2. The Kier molecular flexibility index (Phi) is 2.91. The number of aromatic nitrogens is 1. The molecule has 0 saturated carbocycles. The van der Waals surface area contributed by atoms with Crippen molar-refractivity contribution in [1.82, 2.24) is 4.98 Å². The number of hydrogen-bond acceptors (Lipinski definition) is 3. The lowest BCUT2D eigenvalue weighted by atomic mass is 10.1. The van der Waals surface area contributed by atoms with E-state index in [0.717, 1.165) is 10.3 Å². The third-order valence-electron chi connectivity index (χ3n) is 1.90. The third-order valence-corrected chi connectivity index (χ3v) is 3.94. The number of rotatable bonds is 2. The van der Waals surface area contributed by atoms with Crippen LogP contribution in [-0.2, 0) is 0 Å². The second kappa shape index (κ2) is 4.01. The van der Waals surface area contributed by atoms with Crippen LogP contribution < -0.4 is 4.75 Å². The van der Waals surface area contributed by atoms with Gasteiger partial charge < -0.3 is 4.42 Å². The highest BCUT2D eigenvalue weighted by Crippen LogP contribution is 2.13. The Morgan fingerprint density at radius 3 is 3.00 bits per heavy atom. The average Bonchev–Trinajstić information content (AvgIpc) is 2.58. The fourth-order valence-corrected chi connectivity index (χ4v) is 2.37. The first-order chi connectivity index (χ1) is 6.70. The predicted octanol–water partition coefficient (Wildman–Crippen LogP) is 1.71. The largest absolute Gasteiger partial charge is 0.460 e. The SMILES string of the molecule is CC(=O)c1ccc2n[c]([Al][I])oc2c1. The summed E-state index contributed by atoms with van der Waals surface area (Å²) in [6.45, 7) is 1.54. The molecule has 1 aromatic carbocycles. The van der Waals surface area contributed by atoms with Crippen molar-refractivity contribution >= 4 is 53.8 Å². The van der Waals surface area contributed by atoms with Gasteiger partial charge in [0.25, 0.3) is 0 Å². The zero-order chi connectivity index (χ0) is 10.1. The maximum atomic E-state index is 11.1. The molecule has 14 heavy (non-hydrogen) atoms. The van der Waals surface area contributed by atoms with Crippen LogP contribution in [0.15, 0.2) is 22.6 Å². The van der Waals surface area contributed by atoms with Gasteiger partial charge in [-0.1, -0.05) is 0 Å². The number of hydrogen-bond donors (Lipinski definition) is 0. The van der Waals surface area contributed by atoms with Crippen LogP contribution in [0.2, 0.25) is 0 Å². The first-order valence-electron chi connectivity index (χ1n) is 4.05. The third kappa shape index (κ3) is 1.85. The van der Waals surface area contributed by atoms with E-state index in [4.69, 9.17) is 4.42 Å². The summed E-state index contributed by atoms with van der Waals surface area (Å²) >= 11 is 2.33. The Labute approximate surface area is 98.3 Å². The second-order valence-corrected chi connectivity index (χ2v) is 5.48. The Balaban J connectivity index is 2.59. The minimum atomic E-state index is 0.0478. The average molecular weight is 314 g/mol. The van der Waals surface area contributed by atoms with Gasteiger partial charge in [0.15, 0.2) is 11.4 Å². The summed E-state index contributed by atoms with van der Waals surface area (Å²) in [5, 5.41) is 0. The van der Waals surface area contributed by atoms with Gasteiger partial charge in [-0.05, 0) is 25.1 Å². The van der Waals surface area contributed by atoms with E-state index in [9.17, 15) is 4.79 Å². The van der Waals surface area contributed by atoms with Crippen LogP contribution in [0.3, 0.4) is 0 Å². The molecule has 1 aromatic heterocycles. The molecule has 0 aliphatic rings. The van der Waals surface area contributed by atoms with Crippen LogP contribution >= 0.6 is 20.3 Å². The molecule has 0 aliphatic carbocycles. The molecular weight excluding hydrogens is 308 g/mol. The van der Waals surface area contributed by atoms with Gasteiger partial charge in [0.1, 0.15) is 10.3 Å². The molecule has 0 amide bonds. The van der Waals surface area contributed by atoms with Crippen LogP contribution in [0.1, 0.15) is 17.3 Å². The number of benzene rings is 1. The summed E-state index contributed by atoms with van der Waals surface area (Å²) in [4.78, 5) is 15.4. The number of ketones is 1. The molecule has 0 atom stereocenters. The van der Waals surface area contributed by atoms with Crippen LogP contribution in [0.25, 0.3) is 11.1 Å². The van der Waals surface area contributed by atoms with Crippen molar-refractivity contribution in [1.29, 1.82) is 0 Å². The first-order valence-corrected chi connectivity index (χ1v) is 8.81. The van der Waals surface area contributed by atoms with Gasteiger partial charge in [-0.2, -0.15) is 0 Å². The minimum Gasteiger partial charge on any atom is -0.460 e. The Hall–Kier alpha value is -0.378. The van der Waals surface area contributed by atoms with Crippen molar-refractivity contribution in [2.24, 2.45) is 0 Å². The topological polar surface area (TPSA) is 43.1 Å². The van der Waals surface area contributed by atoms with Gasteiger partial charge in [-0.15, -0.1) is 0 Å². The lowest BCUT2D eigenvalue weighted by Gasteiger charge is -1.92. The molecule has 0 fully saturated rings. The number of Topliss-reactive ketones (excluding diaryl/α,β-unsaturated/α-hetero) is 1. The number of nitrogens with zero attached hydrogens (tertiary/aromatic N) is 1. The molecule has 5 heteroatoms. The molecule has 2 aromatic rings. The molecule has 0 bridgehead atoms. The van der Waals surface area contributed by atoms with Crippen molar-refractivity contribution in [2.45, 2.75) is 6.92 Å². The van der Waals surface area contributed by atoms with E-state index < -0.39 is 0 Å². The lowest BCUT2D eigenvalue weighted by Crippen LogP contribution is -2.07. The summed E-state index contributed by atoms with van der Waals surface area (Å²) in [5.74, 6) is 0.0478. The number of halogens is 1. The van der Waals surface area contributed by atoms with E-state index in [0.29, 0.717) is 11.1 Å². The van der Waals surface area contributed by atoms with E-state index in [1.54, 1.807) is 19.1 Å². The van der Waals surface area contributed by atoms with E-state index >= 15 is 0 Å². The van der Waals surface area contributed by atoms with Crippen molar-refractivity contribution in [3.63, 3.8) is 0 Å². The number of carbonyl (C=O) groups is 1. The van der Waals surface area contributed by atoms with Gasteiger partial charge in [-0.25, -0.2) is 25.3 Å². The molecule has 0 N–H and O–H groups in total. The molecule has 0 aliphatic heterocycles.